The van der Waals surface area contributed by atoms with Crippen LogP contribution in [0.15, 0.2) is 18.3 Å². The highest BCUT2D eigenvalue weighted by Gasteiger charge is 2.09. The molecule has 0 radical (unpaired) electrons. The first-order chi connectivity index (χ1) is 6.72. The van der Waals surface area contributed by atoms with Crippen LogP contribution in [-0.2, 0) is 4.74 Å². The number of nitrogens with zero attached hydrogens (tertiary/aromatic N) is 1. The van der Waals surface area contributed by atoms with Gasteiger partial charge in [-0.25, -0.2) is 9.78 Å². The van der Waals surface area contributed by atoms with Gasteiger partial charge in [0.25, 0.3) is 0 Å². The lowest BCUT2D eigenvalue weighted by atomic mass is 10.2. The molecule has 72 valence electrons. The van der Waals surface area contributed by atoms with Crippen molar-refractivity contribution in [2.75, 3.05) is 7.11 Å². The van der Waals surface area contributed by atoms with E-state index in [4.69, 9.17) is 0 Å². The molecule has 0 aromatic carbocycles. The first kappa shape index (κ1) is 8.74. The summed E-state index contributed by atoms with van der Waals surface area (Å²) in [5.74, 6) is -0.410. The van der Waals surface area contributed by atoms with E-state index in [0.717, 1.165) is 16.6 Å². The number of hydrogen-bond donors (Lipinski definition) is 1. The first-order valence-corrected chi connectivity index (χ1v) is 4.25. The van der Waals surface area contributed by atoms with Crippen LogP contribution < -0.4 is 0 Å². The van der Waals surface area contributed by atoms with E-state index in [1.54, 1.807) is 6.07 Å². The molecule has 2 aromatic heterocycles. The monoisotopic (exact) mass is 190 g/mol. The summed E-state index contributed by atoms with van der Waals surface area (Å²) in [6.45, 7) is 1.94. The zero-order valence-corrected chi connectivity index (χ0v) is 8.00. The Labute approximate surface area is 80.9 Å². The number of hydrogen-bond acceptors (Lipinski definition) is 3. The Bertz CT molecular complexity index is 488. The van der Waals surface area contributed by atoms with E-state index >= 15 is 0 Å². The second kappa shape index (κ2) is 3.14. The minimum atomic E-state index is -0.410. The Kier molecular flexibility index (Phi) is 1.96. The molecule has 0 atom stereocenters. The van der Waals surface area contributed by atoms with Gasteiger partial charge in [0.2, 0.25) is 0 Å². The summed E-state index contributed by atoms with van der Waals surface area (Å²) in [7, 11) is 1.35. The maximum absolute atomic E-state index is 11.2. The minimum absolute atomic E-state index is 0.336. The molecule has 1 N–H and O–H groups in total. The van der Waals surface area contributed by atoms with Gasteiger partial charge in [0.15, 0.2) is 0 Å². The van der Waals surface area contributed by atoms with E-state index in [2.05, 4.69) is 14.7 Å². The number of aryl methyl sites for hydroxylation is 1. The van der Waals surface area contributed by atoms with E-state index in [1.807, 2.05) is 19.2 Å². The Morgan fingerprint density at radius 1 is 1.50 bits per heavy atom. The van der Waals surface area contributed by atoms with Crippen molar-refractivity contribution in [2.45, 2.75) is 6.92 Å². The molecule has 2 aromatic rings. The maximum Gasteiger partial charge on any atom is 0.356 e. The lowest BCUT2D eigenvalue weighted by Crippen LogP contribution is -2.03. The highest BCUT2D eigenvalue weighted by Crippen LogP contribution is 2.15. The molecule has 2 rings (SSSR count). The van der Waals surface area contributed by atoms with Crippen molar-refractivity contribution in [3.8, 4) is 0 Å². The Hall–Kier alpha value is -1.84. The van der Waals surface area contributed by atoms with Gasteiger partial charge >= 0.3 is 5.97 Å². The van der Waals surface area contributed by atoms with Crippen LogP contribution in [0.1, 0.15) is 16.1 Å². The zero-order chi connectivity index (χ0) is 10.1. The normalized spacial score (nSPS) is 10.4. The summed E-state index contributed by atoms with van der Waals surface area (Å²) in [6, 6.07) is 3.46. The van der Waals surface area contributed by atoms with Gasteiger partial charge in [-0.15, -0.1) is 0 Å². The summed E-state index contributed by atoms with van der Waals surface area (Å²) < 4.78 is 4.59. The van der Waals surface area contributed by atoms with Crippen LogP contribution in [-0.4, -0.2) is 23.0 Å². The van der Waals surface area contributed by atoms with Gasteiger partial charge in [0, 0.05) is 6.20 Å². The molecule has 0 saturated heterocycles. The van der Waals surface area contributed by atoms with Crippen molar-refractivity contribution < 1.29 is 9.53 Å². The highest BCUT2D eigenvalue weighted by atomic mass is 16.5. The van der Waals surface area contributed by atoms with Crippen LogP contribution >= 0.6 is 0 Å². The number of aromatic nitrogens is 2. The van der Waals surface area contributed by atoms with E-state index in [9.17, 15) is 4.79 Å². The van der Waals surface area contributed by atoms with Crippen LogP contribution in [0.2, 0.25) is 0 Å². The van der Waals surface area contributed by atoms with Gasteiger partial charge in [-0.2, -0.15) is 0 Å². The molecule has 0 bridgehead atoms. The van der Waals surface area contributed by atoms with Crippen molar-refractivity contribution in [3.63, 3.8) is 0 Å². The van der Waals surface area contributed by atoms with E-state index in [1.165, 1.54) is 7.11 Å². The van der Waals surface area contributed by atoms with Crippen molar-refractivity contribution in [3.05, 3.63) is 29.6 Å². The van der Waals surface area contributed by atoms with E-state index < -0.39 is 5.97 Å². The van der Waals surface area contributed by atoms with Crippen molar-refractivity contribution in [1.82, 2.24) is 9.97 Å². The summed E-state index contributed by atoms with van der Waals surface area (Å²) in [6.07, 6.45) is 1.86. The SMILES string of the molecule is COC(=O)c1ccc2[nH]cc(C)c2n1. The summed E-state index contributed by atoms with van der Waals surface area (Å²) in [5, 5.41) is 0. The van der Waals surface area contributed by atoms with Gasteiger partial charge in [-0.1, -0.05) is 0 Å². The predicted molar refractivity (Wildman–Crippen MR) is 52.2 cm³/mol. The van der Waals surface area contributed by atoms with Crippen molar-refractivity contribution in [2.24, 2.45) is 0 Å². The van der Waals surface area contributed by atoms with Crippen LogP contribution in [0.3, 0.4) is 0 Å². The zero-order valence-electron chi connectivity index (χ0n) is 8.00. The number of esters is 1. The average Bonchev–Trinajstić information content (AvgIpc) is 2.59. The lowest BCUT2D eigenvalue weighted by molar-refractivity contribution is 0.0594. The Morgan fingerprint density at radius 2 is 2.29 bits per heavy atom. The standard InChI is InChI=1S/C10H10N2O2/c1-6-5-11-7-3-4-8(10(13)14-2)12-9(6)7/h3-5,11H,1-2H3. The van der Waals surface area contributed by atoms with Gasteiger partial charge in [0.05, 0.1) is 18.1 Å². The second-order valence-corrected chi connectivity index (χ2v) is 3.06. The third-order valence-corrected chi connectivity index (χ3v) is 2.11. The number of H-pyrrole nitrogens is 1. The molecule has 0 aliphatic carbocycles. The number of pyridine rings is 1. The van der Waals surface area contributed by atoms with Crippen LogP contribution in [0.4, 0.5) is 0 Å². The molecule has 4 nitrogen and oxygen atoms in total. The van der Waals surface area contributed by atoms with Crippen LogP contribution in [0, 0.1) is 6.92 Å². The number of aromatic amines is 1. The fraction of sp³-hybridized carbons (Fsp3) is 0.200. The third-order valence-electron chi connectivity index (χ3n) is 2.11. The quantitative estimate of drug-likeness (QED) is 0.696. The largest absolute Gasteiger partial charge is 0.464 e. The van der Waals surface area contributed by atoms with Gasteiger partial charge in [0.1, 0.15) is 5.69 Å². The van der Waals surface area contributed by atoms with Crippen LogP contribution in [0.25, 0.3) is 11.0 Å². The molecule has 0 aliphatic heterocycles. The molecule has 14 heavy (non-hydrogen) atoms. The number of nitrogens with one attached hydrogen (secondary N) is 1. The van der Waals surface area contributed by atoms with Crippen LogP contribution in [0.5, 0.6) is 0 Å². The predicted octanol–water partition coefficient (Wildman–Crippen LogP) is 1.66. The molecule has 0 amide bonds. The molecule has 2 heterocycles. The Balaban J connectivity index is 2.60. The van der Waals surface area contributed by atoms with E-state index in [0.29, 0.717) is 5.69 Å². The summed E-state index contributed by atoms with van der Waals surface area (Å²) >= 11 is 0. The maximum atomic E-state index is 11.2. The van der Waals surface area contributed by atoms with E-state index in [-0.39, 0.29) is 0 Å². The van der Waals surface area contributed by atoms with Crippen molar-refractivity contribution >= 4 is 17.0 Å². The van der Waals surface area contributed by atoms with Crippen molar-refractivity contribution in [1.29, 1.82) is 0 Å². The first-order valence-electron chi connectivity index (χ1n) is 4.25. The number of rotatable bonds is 1. The second-order valence-electron chi connectivity index (χ2n) is 3.06. The number of carbonyl (C=O) groups is 1. The number of carbonyl (C=O) groups excluding carboxylic acids is 1. The van der Waals surface area contributed by atoms with Gasteiger partial charge in [-0.3, -0.25) is 0 Å². The number of ether oxygens (including phenoxy) is 1. The third kappa shape index (κ3) is 1.25. The average molecular weight is 190 g/mol. The molecular formula is C10H10N2O2. The smallest absolute Gasteiger partial charge is 0.356 e. The molecule has 0 fully saturated rings. The molecule has 0 spiro atoms. The van der Waals surface area contributed by atoms with Gasteiger partial charge < -0.3 is 9.72 Å². The molecule has 0 unspecified atom stereocenters. The number of fused-ring (bicyclic) bond motifs is 1. The molecule has 0 aliphatic rings. The highest BCUT2D eigenvalue weighted by molar-refractivity contribution is 5.90. The fourth-order valence-electron chi connectivity index (χ4n) is 1.35. The summed E-state index contributed by atoms with van der Waals surface area (Å²) in [5.41, 5.74) is 3.09. The Morgan fingerprint density at radius 3 is 3.00 bits per heavy atom. The summed E-state index contributed by atoms with van der Waals surface area (Å²) in [4.78, 5) is 18.5. The topological polar surface area (TPSA) is 55.0 Å². The van der Waals surface area contributed by atoms with Gasteiger partial charge in [-0.05, 0) is 24.6 Å². The minimum Gasteiger partial charge on any atom is -0.464 e. The fourth-order valence-corrected chi connectivity index (χ4v) is 1.35. The lowest BCUT2D eigenvalue weighted by Gasteiger charge is -1.98. The molecule has 4 heteroatoms. The molecular weight excluding hydrogens is 180 g/mol. The number of methoxy groups -OCH3 is 1. The molecule has 0 saturated carbocycles.